The van der Waals surface area contributed by atoms with Crippen LogP contribution in [0.3, 0.4) is 0 Å². The number of anilines is 1. The van der Waals surface area contributed by atoms with Crippen molar-refractivity contribution in [2.24, 2.45) is 0 Å². The summed E-state index contributed by atoms with van der Waals surface area (Å²) in [6.45, 7) is 5.40. The molecule has 2 aromatic heterocycles. The minimum absolute atomic E-state index is 0.151. The third kappa shape index (κ3) is 4.87. The lowest BCUT2D eigenvalue weighted by Gasteiger charge is -2.29. The fraction of sp³-hybridized carbons (Fsp3) is 0.435. The van der Waals surface area contributed by atoms with E-state index in [4.69, 9.17) is 4.42 Å². The molecule has 0 radical (unpaired) electrons. The molecule has 1 saturated carbocycles. The van der Waals surface area contributed by atoms with Gasteiger partial charge in [-0.25, -0.2) is 0 Å². The molecule has 9 nitrogen and oxygen atoms in total. The molecule has 9 heteroatoms. The van der Waals surface area contributed by atoms with Crippen molar-refractivity contribution in [3.05, 3.63) is 47.7 Å². The zero-order valence-electron chi connectivity index (χ0n) is 18.6. The summed E-state index contributed by atoms with van der Waals surface area (Å²) in [5.74, 6) is 1.06. The van der Waals surface area contributed by atoms with Crippen molar-refractivity contribution in [1.82, 2.24) is 25.5 Å². The topological polar surface area (TPSA) is 106 Å². The van der Waals surface area contributed by atoms with Crippen molar-refractivity contribution in [3.8, 4) is 11.6 Å². The summed E-state index contributed by atoms with van der Waals surface area (Å²) in [5.41, 5.74) is 1.72. The lowest BCUT2D eigenvalue weighted by molar-refractivity contribution is -0.127. The van der Waals surface area contributed by atoms with E-state index in [1.54, 1.807) is 13.0 Å². The third-order valence-electron chi connectivity index (χ3n) is 5.74. The van der Waals surface area contributed by atoms with Gasteiger partial charge in [-0.3, -0.25) is 14.5 Å². The first kappa shape index (κ1) is 21.7. The van der Waals surface area contributed by atoms with E-state index < -0.39 is 6.04 Å². The van der Waals surface area contributed by atoms with E-state index in [0.29, 0.717) is 17.3 Å². The number of carbonyl (C=O) groups excluding carboxylic acids is 2. The standard InChI is InChI=1S/C23H28N6O3/c1-15-8-11-19(12-9-15)29(17(3)23(31)24-18-6-4-5-7-18)21(30)14-28-26-22(25-27-28)20-13-10-16(2)32-20/h8-13,17-18H,4-7,14H2,1-3H3,(H,24,31). The first-order valence-corrected chi connectivity index (χ1v) is 10.9. The number of aryl methyl sites for hydroxylation is 2. The second-order valence-corrected chi connectivity index (χ2v) is 8.32. The Morgan fingerprint density at radius 3 is 2.53 bits per heavy atom. The van der Waals surface area contributed by atoms with Crippen molar-refractivity contribution in [2.45, 2.75) is 65.1 Å². The van der Waals surface area contributed by atoms with Crippen LogP contribution in [0.1, 0.15) is 43.9 Å². The van der Waals surface area contributed by atoms with Crippen LogP contribution in [0.2, 0.25) is 0 Å². The van der Waals surface area contributed by atoms with Crippen molar-refractivity contribution < 1.29 is 14.0 Å². The molecular formula is C23H28N6O3. The number of hydrogen-bond acceptors (Lipinski definition) is 6. The van der Waals surface area contributed by atoms with Gasteiger partial charge in [-0.2, -0.15) is 4.80 Å². The Hall–Kier alpha value is -3.49. The van der Waals surface area contributed by atoms with Gasteiger partial charge in [0, 0.05) is 11.7 Å². The number of carbonyl (C=O) groups is 2. The number of benzene rings is 1. The summed E-state index contributed by atoms with van der Waals surface area (Å²) in [6.07, 6.45) is 4.20. The zero-order chi connectivity index (χ0) is 22.7. The average Bonchev–Trinajstić information content (AvgIpc) is 3.52. The molecule has 1 atom stereocenters. The van der Waals surface area contributed by atoms with Crippen molar-refractivity contribution in [2.75, 3.05) is 4.90 Å². The molecule has 1 fully saturated rings. The van der Waals surface area contributed by atoms with Crippen LogP contribution in [0.4, 0.5) is 5.69 Å². The van der Waals surface area contributed by atoms with Crippen LogP contribution in [0, 0.1) is 13.8 Å². The summed E-state index contributed by atoms with van der Waals surface area (Å²) >= 11 is 0. The highest BCUT2D eigenvalue weighted by atomic mass is 16.3. The van der Waals surface area contributed by atoms with Crippen LogP contribution in [0.15, 0.2) is 40.8 Å². The van der Waals surface area contributed by atoms with Crippen molar-refractivity contribution in [1.29, 1.82) is 0 Å². The van der Waals surface area contributed by atoms with E-state index >= 15 is 0 Å². The minimum atomic E-state index is -0.679. The van der Waals surface area contributed by atoms with Gasteiger partial charge in [-0.1, -0.05) is 30.5 Å². The molecule has 1 aliphatic carbocycles. The Kier molecular flexibility index (Phi) is 6.34. The number of tetrazole rings is 1. The summed E-state index contributed by atoms with van der Waals surface area (Å²) < 4.78 is 5.52. The molecule has 4 rings (SSSR count). The molecule has 0 aliphatic heterocycles. The van der Waals surface area contributed by atoms with E-state index in [9.17, 15) is 9.59 Å². The maximum Gasteiger partial charge on any atom is 0.251 e. The maximum atomic E-state index is 13.3. The van der Waals surface area contributed by atoms with Gasteiger partial charge in [0.2, 0.25) is 11.7 Å². The number of nitrogens with zero attached hydrogens (tertiary/aromatic N) is 5. The first-order valence-electron chi connectivity index (χ1n) is 10.9. The van der Waals surface area contributed by atoms with Crippen LogP contribution in [-0.4, -0.2) is 44.1 Å². The highest BCUT2D eigenvalue weighted by Crippen LogP contribution is 2.22. The maximum absolute atomic E-state index is 13.3. The second kappa shape index (κ2) is 9.33. The van der Waals surface area contributed by atoms with Crippen molar-refractivity contribution >= 4 is 17.5 Å². The predicted octanol–water partition coefficient (Wildman–Crippen LogP) is 3.03. The lowest BCUT2D eigenvalue weighted by atomic mass is 10.1. The molecule has 1 aliphatic rings. The van der Waals surface area contributed by atoms with E-state index in [0.717, 1.165) is 37.0 Å². The van der Waals surface area contributed by atoms with E-state index in [1.165, 1.54) is 9.70 Å². The first-order chi connectivity index (χ1) is 15.4. The predicted molar refractivity (Wildman–Crippen MR) is 119 cm³/mol. The van der Waals surface area contributed by atoms with Gasteiger partial charge in [-0.05, 0) is 63.1 Å². The largest absolute Gasteiger partial charge is 0.458 e. The van der Waals surface area contributed by atoms with Gasteiger partial charge in [0.25, 0.3) is 5.91 Å². The zero-order valence-corrected chi connectivity index (χ0v) is 18.6. The molecule has 2 heterocycles. The summed E-state index contributed by atoms with van der Waals surface area (Å²) in [6, 6.07) is 10.6. The Labute approximate surface area is 186 Å². The normalized spacial score (nSPS) is 15.0. The summed E-state index contributed by atoms with van der Waals surface area (Å²) in [4.78, 5) is 29.0. The highest BCUT2D eigenvalue weighted by molar-refractivity contribution is 6.00. The van der Waals surface area contributed by atoms with Crippen LogP contribution in [0.25, 0.3) is 11.6 Å². The quantitative estimate of drug-likeness (QED) is 0.610. The van der Waals surface area contributed by atoms with Crippen molar-refractivity contribution in [3.63, 3.8) is 0 Å². The van der Waals surface area contributed by atoms with E-state index in [2.05, 4.69) is 20.7 Å². The Balaban J connectivity index is 1.53. The van der Waals surface area contributed by atoms with Gasteiger partial charge in [0.1, 0.15) is 18.3 Å². The molecule has 168 valence electrons. The average molecular weight is 437 g/mol. The molecule has 0 spiro atoms. The fourth-order valence-electron chi connectivity index (χ4n) is 3.96. The van der Waals surface area contributed by atoms with Crippen LogP contribution < -0.4 is 10.2 Å². The fourth-order valence-corrected chi connectivity index (χ4v) is 3.96. The van der Waals surface area contributed by atoms with Gasteiger partial charge >= 0.3 is 0 Å². The summed E-state index contributed by atoms with van der Waals surface area (Å²) in [5, 5.41) is 15.3. The molecule has 2 amide bonds. The molecule has 32 heavy (non-hydrogen) atoms. The molecule has 3 aromatic rings. The number of amides is 2. The lowest BCUT2D eigenvalue weighted by Crippen LogP contribution is -2.51. The molecule has 1 aromatic carbocycles. The Morgan fingerprint density at radius 2 is 1.88 bits per heavy atom. The molecular weight excluding hydrogens is 408 g/mol. The Bertz CT molecular complexity index is 1080. The number of aromatic nitrogens is 4. The number of nitrogens with one attached hydrogen (secondary N) is 1. The van der Waals surface area contributed by atoms with Crippen LogP contribution in [0.5, 0.6) is 0 Å². The highest BCUT2D eigenvalue weighted by Gasteiger charge is 2.30. The van der Waals surface area contributed by atoms with Gasteiger partial charge in [0.15, 0.2) is 5.76 Å². The van der Waals surface area contributed by atoms with Crippen LogP contribution in [-0.2, 0) is 16.1 Å². The smallest absolute Gasteiger partial charge is 0.251 e. The monoisotopic (exact) mass is 436 g/mol. The van der Waals surface area contributed by atoms with Crippen LogP contribution >= 0.6 is 0 Å². The molecule has 1 unspecified atom stereocenters. The molecule has 0 saturated heterocycles. The van der Waals surface area contributed by atoms with Gasteiger partial charge in [-0.15, -0.1) is 10.2 Å². The second-order valence-electron chi connectivity index (χ2n) is 8.32. The number of rotatable bonds is 7. The number of furan rings is 1. The third-order valence-corrected chi connectivity index (χ3v) is 5.74. The summed E-state index contributed by atoms with van der Waals surface area (Å²) in [7, 11) is 0. The van der Waals surface area contributed by atoms with E-state index in [1.807, 2.05) is 44.2 Å². The van der Waals surface area contributed by atoms with E-state index in [-0.39, 0.29) is 24.4 Å². The minimum Gasteiger partial charge on any atom is -0.458 e. The number of hydrogen-bond donors (Lipinski definition) is 1. The van der Waals surface area contributed by atoms with Gasteiger partial charge in [0.05, 0.1) is 0 Å². The SMILES string of the molecule is Cc1ccc(N(C(=O)Cn2nnc(-c3ccc(C)o3)n2)C(C)C(=O)NC2CCCC2)cc1. The van der Waals surface area contributed by atoms with Gasteiger partial charge < -0.3 is 9.73 Å². The Morgan fingerprint density at radius 1 is 1.16 bits per heavy atom. The molecule has 0 bridgehead atoms. The molecule has 1 N–H and O–H groups in total.